The lowest BCUT2D eigenvalue weighted by Gasteiger charge is -2.10. The molecule has 2 rings (SSSR count). The molecular formula is C15H14ClFN2O3S. The number of carbonyl (C=O) groups excluding carboxylic acids is 1. The minimum atomic E-state index is -3.72. The molecule has 0 fully saturated rings. The molecular weight excluding hydrogens is 343 g/mol. The number of halogens is 2. The second kappa shape index (κ2) is 6.66. The van der Waals surface area contributed by atoms with Crippen molar-refractivity contribution in [3.63, 3.8) is 0 Å². The van der Waals surface area contributed by atoms with Gasteiger partial charge in [-0.25, -0.2) is 17.5 Å². The molecule has 5 nitrogen and oxygen atoms in total. The molecule has 23 heavy (non-hydrogen) atoms. The molecule has 0 saturated carbocycles. The molecule has 2 N–H and O–H groups in total. The van der Waals surface area contributed by atoms with E-state index in [0.29, 0.717) is 5.56 Å². The highest BCUT2D eigenvalue weighted by Crippen LogP contribution is 2.23. The van der Waals surface area contributed by atoms with Gasteiger partial charge in [-0.3, -0.25) is 4.79 Å². The van der Waals surface area contributed by atoms with Crippen LogP contribution in [0.2, 0.25) is 5.02 Å². The summed E-state index contributed by atoms with van der Waals surface area (Å²) in [5.74, 6) is -1.29. The SMILES string of the molecule is CNS(=O)(=O)c1ccc(Cl)c(C(=O)Nc2ccc(C)cc2F)c1. The fourth-order valence-corrected chi connectivity index (χ4v) is 2.83. The van der Waals surface area contributed by atoms with Crippen LogP contribution in [0.3, 0.4) is 0 Å². The van der Waals surface area contributed by atoms with Gasteiger partial charge in [0.05, 0.1) is 21.2 Å². The first-order valence-electron chi connectivity index (χ1n) is 6.55. The van der Waals surface area contributed by atoms with E-state index in [9.17, 15) is 17.6 Å². The monoisotopic (exact) mass is 356 g/mol. The molecule has 0 aliphatic carbocycles. The van der Waals surface area contributed by atoms with Crippen LogP contribution in [0.4, 0.5) is 10.1 Å². The Kier molecular flexibility index (Phi) is 5.03. The normalized spacial score (nSPS) is 11.3. The lowest BCUT2D eigenvalue weighted by atomic mass is 10.2. The number of benzene rings is 2. The van der Waals surface area contributed by atoms with Gasteiger partial charge in [-0.15, -0.1) is 0 Å². The number of sulfonamides is 1. The van der Waals surface area contributed by atoms with E-state index in [1.165, 1.54) is 31.3 Å². The summed E-state index contributed by atoms with van der Waals surface area (Å²) in [7, 11) is -2.47. The maximum Gasteiger partial charge on any atom is 0.257 e. The van der Waals surface area contributed by atoms with Crippen LogP contribution in [0.1, 0.15) is 15.9 Å². The van der Waals surface area contributed by atoms with E-state index in [0.717, 1.165) is 6.07 Å². The van der Waals surface area contributed by atoms with Crippen molar-refractivity contribution in [2.75, 3.05) is 12.4 Å². The first-order chi connectivity index (χ1) is 10.7. The van der Waals surface area contributed by atoms with E-state index < -0.39 is 21.7 Å². The molecule has 2 aromatic rings. The Hall–Kier alpha value is -1.96. The molecule has 0 unspecified atom stereocenters. The standard InChI is InChI=1S/C15H14ClFN2O3S/c1-9-3-6-14(13(17)7-9)19-15(20)11-8-10(4-5-12(11)16)23(21,22)18-2/h3-8,18H,1-2H3,(H,19,20). The van der Waals surface area contributed by atoms with Crippen LogP contribution in [0.5, 0.6) is 0 Å². The van der Waals surface area contributed by atoms with Gasteiger partial charge in [0.25, 0.3) is 5.91 Å². The number of aryl methyl sites for hydroxylation is 1. The van der Waals surface area contributed by atoms with E-state index in [-0.39, 0.29) is 21.2 Å². The van der Waals surface area contributed by atoms with Crippen molar-refractivity contribution in [2.24, 2.45) is 0 Å². The quantitative estimate of drug-likeness (QED) is 0.884. The number of hydrogen-bond donors (Lipinski definition) is 2. The van der Waals surface area contributed by atoms with Crippen molar-refractivity contribution in [1.29, 1.82) is 0 Å². The zero-order chi connectivity index (χ0) is 17.2. The van der Waals surface area contributed by atoms with Crippen LogP contribution in [-0.2, 0) is 10.0 Å². The lowest BCUT2D eigenvalue weighted by molar-refractivity contribution is 0.102. The van der Waals surface area contributed by atoms with Crippen molar-refractivity contribution in [1.82, 2.24) is 4.72 Å². The Morgan fingerprint density at radius 1 is 1.17 bits per heavy atom. The van der Waals surface area contributed by atoms with Gasteiger partial charge < -0.3 is 5.32 Å². The molecule has 8 heteroatoms. The van der Waals surface area contributed by atoms with Gasteiger partial charge in [0.1, 0.15) is 5.82 Å². The molecule has 0 spiro atoms. The van der Waals surface area contributed by atoms with Crippen molar-refractivity contribution >= 4 is 33.2 Å². The maximum absolute atomic E-state index is 13.8. The minimum Gasteiger partial charge on any atom is -0.319 e. The molecule has 0 aliphatic heterocycles. The Labute approximate surface area is 138 Å². The summed E-state index contributed by atoms with van der Waals surface area (Å²) in [6.45, 7) is 1.72. The fourth-order valence-electron chi connectivity index (χ4n) is 1.87. The largest absolute Gasteiger partial charge is 0.319 e. The van der Waals surface area contributed by atoms with Gasteiger partial charge in [-0.2, -0.15) is 0 Å². The Morgan fingerprint density at radius 2 is 1.87 bits per heavy atom. The van der Waals surface area contributed by atoms with Gasteiger partial charge >= 0.3 is 0 Å². The molecule has 1 amide bonds. The van der Waals surface area contributed by atoms with Crippen LogP contribution in [0, 0.1) is 12.7 Å². The van der Waals surface area contributed by atoms with Crippen LogP contribution in [-0.4, -0.2) is 21.4 Å². The topological polar surface area (TPSA) is 75.3 Å². The zero-order valence-corrected chi connectivity index (χ0v) is 13.9. The van der Waals surface area contributed by atoms with Gasteiger partial charge in [0.2, 0.25) is 10.0 Å². The summed E-state index contributed by atoms with van der Waals surface area (Å²) in [5, 5.41) is 2.44. The molecule has 2 aromatic carbocycles. The fraction of sp³-hybridized carbons (Fsp3) is 0.133. The van der Waals surface area contributed by atoms with Crippen LogP contribution in [0.25, 0.3) is 0 Å². The number of nitrogens with one attached hydrogen (secondary N) is 2. The average molecular weight is 357 g/mol. The van der Waals surface area contributed by atoms with Crippen molar-refractivity contribution < 1.29 is 17.6 Å². The van der Waals surface area contributed by atoms with Crippen molar-refractivity contribution in [2.45, 2.75) is 11.8 Å². The van der Waals surface area contributed by atoms with Gasteiger partial charge in [-0.05, 0) is 49.9 Å². The molecule has 0 aliphatic rings. The first-order valence-corrected chi connectivity index (χ1v) is 8.41. The molecule has 0 radical (unpaired) electrons. The smallest absolute Gasteiger partial charge is 0.257 e. The molecule has 0 heterocycles. The number of amides is 1. The van der Waals surface area contributed by atoms with Crippen LogP contribution < -0.4 is 10.0 Å². The minimum absolute atomic E-state index is 0.0152. The summed E-state index contributed by atoms with van der Waals surface area (Å²) >= 11 is 5.95. The molecule has 0 saturated heterocycles. The number of hydrogen-bond acceptors (Lipinski definition) is 3. The summed E-state index contributed by atoms with van der Waals surface area (Å²) in [4.78, 5) is 12.2. The van der Waals surface area contributed by atoms with Crippen molar-refractivity contribution in [3.8, 4) is 0 Å². The van der Waals surface area contributed by atoms with Crippen LogP contribution in [0.15, 0.2) is 41.3 Å². The first kappa shape index (κ1) is 17.4. The number of rotatable bonds is 4. The summed E-state index contributed by atoms with van der Waals surface area (Å²) in [5.41, 5.74) is 0.627. The molecule has 0 aromatic heterocycles. The van der Waals surface area contributed by atoms with E-state index in [1.807, 2.05) is 0 Å². The third-order valence-electron chi connectivity index (χ3n) is 3.13. The maximum atomic E-state index is 13.8. The summed E-state index contributed by atoms with van der Waals surface area (Å²) < 4.78 is 39.5. The highest BCUT2D eigenvalue weighted by Gasteiger charge is 2.18. The highest BCUT2D eigenvalue weighted by atomic mass is 35.5. The van der Waals surface area contributed by atoms with E-state index in [2.05, 4.69) is 10.0 Å². The van der Waals surface area contributed by atoms with E-state index in [4.69, 9.17) is 11.6 Å². The zero-order valence-electron chi connectivity index (χ0n) is 12.4. The molecule has 0 bridgehead atoms. The third-order valence-corrected chi connectivity index (χ3v) is 4.88. The summed E-state index contributed by atoms with van der Waals surface area (Å²) in [6.07, 6.45) is 0. The lowest BCUT2D eigenvalue weighted by Crippen LogP contribution is -2.20. The van der Waals surface area contributed by atoms with Gasteiger partial charge in [-0.1, -0.05) is 17.7 Å². The van der Waals surface area contributed by atoms with Gasteiger partial charge in [0.15, 0.2) is 0 Å². The van der Waals surface area contributed by atoms with E-state index >= 15 is 0 Å². The second-order valence-corrected chi connectivity index (χ2v) is 7.08. The number of carbonyl (C=O) groups is 1. The highest BCUT2D eigenvalue weighted by molar-refractivity contribution is 7.89. The Morgan fingerprint density at radius 3 is 2.48 bits per heavy atom. The predicted molar refractivity (Wildman–Crippen MR) is 86.8 cm³/mol. The van der Waals surface area contributed by atoms with Gasteiger partial charge in [0, 0.05) is 0 Å². The Balaban J connectivity index is 2.37. The molecule has 0 atom stereocenters. The Bertz CT molecular complexity index is 869. The summed E-state index contributed by atoms with van der Waals surface area (Å²) in [6, 6.07) is 8.05. The second-order valence-electron chi connectivity index (χ2n) is 4.79. The number of anilines is 1. The third kappa shape index (κ3) is 3.87. The average Bonchev–Trinajstić information content (AvgIpc) is 2.50. The van der Waals surface area contributed by atoms with Crippen LogP contribution >= 0.6 is 11.6 Å². The molecule has 122 valence electrons. The van der Waals surface area contributed by atoms with Crippen molar-refractivity contribution in [3.05, 3.63) is 58.4 Å². The predicted octanol–water partition coefficient (Wildman–Crippen LogP) is 2.95. The van der Waals surface area contributed by atoms with E-state index in [1.54, 1.807) is 13.0 Å².